The minimum absolute atomic E-state index is 0.151. The molecule has 0 spiro atoms. The van der Waals surface area contributed by atoms with Gasteiger partial charge in [-0.25, -0.2) is 0 Å². The van der Waals surface area contributed by atoms with Gasteiger partial charge in [0.25, 0.3) is 11.1 Å². The molecule has 3 rings (SSSR count). The van der Waals surface area contributed by atoms with E-state index in [4.69, 9.17) is 0 Å². The van der Waals surface area contributed by atoms with Crippen molar-refractivity contribution in [2.75, 3.05) is 19.6 Å². The highest BCUT2D eigenvalue weighted by atomic mass is 32.2. The molecule has 0 N–H and O–H groups in total. The highest BCUT2D eigenvalue weighted by molar-refractivity contribution is 8.18. The molecule has 2 aliphatic heterocycles. The Morgan fingerprint density at radius 1 is 1.16 bits per heavy atom. The van der Waals surface area contributed by atoms with E-state index >= 15 is 0 Å². The quantitative estimate of drug-likeness (QED) is 0.774. The van der Waals surface area contributed by atoms with Gasteiger partial charge in [0.15, 0.2) is 0 Å². The Hall–Kier alpha value is -2.08. The molecule has 2 fully saturated rings. The normalized spacial score (nSPS) is 19.6. The van der Waals surface area contributed by atoms with Gasteiger partial charge in [0.2, 0.25) is 5.91 Å². The molecule has 25 heavy (non-hydrogen) atoms. The summed E-state index contributed by atoms with van der Waals surface area (Å²) in [6.45, 7) is 5.52. The first-order chi connectivity index (χ1) is 12.0. The van der Waals surface area contributed by atoms with Crippen molar-refractivity contribution in [2.45, 2.75) is 32.6 Å². The van der Waals surface area contributed by atoms with Crippen LogP contribution >= 0.6 is 11.8 Å². The van der Waals surface area contributed by atoms with Crippen LogP contribution in [0.4, 0.5) is 4.79 Å². The molecule has 2 heterocycles. The van der Waals surface area contributed by atoms with E-state index < -0.39 is 0 Å². The van der Waals surface area contributed by atoms with Gasteiger partial charge in [0.1, 0.15) is 6.54 Å². The Labute approximate surface area is 152 Å². The summed E-state index contributed by atoms with van der Waals surface area (Å²) in [5.41, 5.74) is 2.10. The van der Waals surface area contributed by atoms with Crippen LogP contribution in [-0.4, -0.2) is 46.5 Å². The third kappa shape index (κ3) is 3.95. The number of rotatable bonds is 4. The molecule has 5 nitrogen and oxygen atoms in total. The molecule has 0 radical (unpaired) electrons. The van der Waals surface area contributed by atoms with Crippen molar-refractivity contribution >= 4 is 34.9 Å². The maximum atomic E-state index is 12.5. The summed E-state index contributed by atoms with van der Waals surface area (Å²) < 4.78 is 0. The topological polar surface area (TPSA) is 57.7 Å². The summed E-state index contributed by atoms with van der Waals surface area (Å²) in [4.78, 5) is 40.0. The van der Waals surface area contributed by atoms with E-state index in [2.05, 4.69) is 13.8 Å². The first-order valence-electron chi connectivity index (χ1n) is 8.59. The third-order valence-corrected chi connectivity index (χ3v) is 5.43. The van der Waals surface area contributed by atoms with E-state index in [1.54, 1.807) is 11.0 Å². The number of thioether (sulfide) groups is 1. The van der Waals surface area contributed by atoms with Gasteiger partial charge in [0, 0.05) is 13.1 Å². The monoisotopic (exact) mass is 358 g/mol. The second kappa shape index (κ2) is 7.44. The molecule has 132 valence electrons. The number of carbonyl (C=O) groups is 3. The molecule has 3 amide bonds. The number of hydrogen-bond donors (Lipinski definition) is 0. The lowest BCUT2D eigenvalue weighted by Gasteiger charge is -2.18. The highest BCUT2D eigenvalue weighted by Gasteiger charge is 2.37. The van der Waals surface area contributed by atoms with Crippen molar-refractivity contribution in [3.63, 3.8) is 0 Å². The average Bonchev–Trinajstić information content (AvgIpc) is 3.20. The molecule has 0 unspecified atom stereocenters. The van der Waals surface area contributed by atoms with Crippen LogP contribution in [0, 0.1) is 0 Å². The lowest BCUT2D eigenvalue weighted by molar-refractivity contribution is -0.135. The Kier molecular flexibility index (Phi) is 5.27. The van der Waals surface area contributed by atoms with Gasteiger partial charge in [-0.2, -0.15) is 0 Å². The Morgan fingerprint density at radius 3 is 2.40 bits per heavy atom. The van der Waals surface area contributed by atoms with Crippen LogP contribution in [0.5, 0.6) is 0 Å². The van der Waals surface area contributed by atoms with E-state index in [1.807, 2.05) is 24.3 Å². The lowest BCUT2D eigenvalue weighted by atomic mass is 10.0. The summed E-state index contributed by atoms with van der Waals surface area (Å²) in [5, 5.41) is -0.373. The number of amides is 3. The van der Waals surface area contributed by atoms with E-state index in [0.29, 0.717) is 23.9 Å². The van der Waals surface area contributed by atoms with Gasteiger partial charge in [0.05, 0.1) is 4.91 Å². The van der Waals surface area contributed by atoms with Crippen LogP contribution in [0.15, 0.2) is 29.2 Å². The predicted octanol–water partition coefficient (Wildman–Crippen LogP) is 3.47. The van der Waals surface area contributed by atoms with Crippen LogP contribution < -0.4 is 0 Å². The Morgan fingerprint density at radius 2 is 1.80 bits per heavy atom. The molecular weight excluding hydrogens is 336 g/mol. The minimum Gasteiger partial charge on any atom is -0.341 e. The van der Waals surface area contributed by atoms with Crippen LogP contribution in [0.3, 0.4) is 0 Å². The van der Waals surface area contributed by atoms with Crippen molar-refractivity contribution in [2.24, 2.45) is 0 Å². The van der Waals surface area contributed by atoms with Gasteiger partial charge in [-0.15, -0.1) is 0 Å². The van der Waals surface area contributed by atoms with Crippen molar-refractivity contribution in [1.29, 1.82) is 0 Å². The molecule has 6 heteroatoms. The number of carbonyl (C=O) groups excluding carboxylic acids is 3. The molecule has 2 aliphatic rings. The van der Waals surface area contributed by atoms with Crippen LogP contribution in [0.1, 0.15) is 43.7 Å². The molecule has 0 saturated carbocycles. The van der Waals surface area contributed by atoms with Crippen molar-refractivity contribution in [3.8, 4) is 0 Å². The molecule has 2 saturated heterocycles. The zero-order valence-electron chi connectivity index (χ0n) is 14.5. The van der Waals surface area contributed by atoms with Crippen molar-refractivity contribution in [1.82, 2.24) is 9.80 Å². The number of hydrogen-bond acceptors (Lipinski definition) is 4. The zero-order valence-corrected chi connectivity index (χ0v) is 15.3. The Balaban J connectivity index is 1.70. The summed E-state index contributed by atoms with van der Waals surface area (Å²) >= 11 is 0.899. The first-order valence-corrected chi connectivity index (χ1v) is 9.40. The van der Waals surface area contributed by atoms with Gasteiger partial charge in [-0.05, 0) is 47.7 Å². The Bertz CT molecular complexity index is 719. The lowest BCUT2D eigenvalue weighted by Crippen LogP contribution is -2.40. The number of imide groups is 1. The van der Waals surface area contributed by atoms with Gasteiger partial charge in [-0.1, -0.05) is 38.1 Å². The minimum atomic E-state index is -0.379. The van der Waals surface area contributed by atoms with E-state index in [-0.39, 0.29) is 23.6 Å². The predicted molar refractivity (Wildman–Crippen MR) is 99.0 cm³/mol. The van der Waals surface area contributed by atoms with E-state index in [1.165, 1.54) is 5.56 Å². The largest absolute Gasteiger partial charge is 0.341 e. The van der Waals surface area contributed by atoms with Gasteiger partial charge >= 0.3 is 0 Å². The SMILES string of the molecule is CC(C)c1ccc(/C=C2/SC(=O)N(CC(=O)N3CCCC3)C2=O)cc1. The highest BCUT2D eigenvalue weighted by Crippen LogP contribution is 2.32. The summed E-state index contributed by atoms with van der Waals surface area (Å²) in [6, 6.07) is 7.94. The molecule has 0 atom stereocenters. The molecule has 1 aromatic carbocycles. The summed E-state index contributed by atoms with van der Waals surface area (Å²) in [7, 11) is 0. The maximum Gasteiger partial charge on any atom is 0.294 e. The van der Waals surface area contributed by atoms with Crippen LogP contribution in [0.2, 0.25) is 0 Å². The van der Waals surface area contributed by atoms with Crippen molar-refractivity contribution in [3.05, 3.63) is 40.3 Å². The third-order valence-electron chi connectivity index (χ3n) is 4.53. The molecule has 0 aromatic heterocycles. The maximum absolute atomic E-state index is 12.5. The average molecular weight is 358 g/mol. The van der Waals surface area contributed by atoms with E-state index in [0.717, 1.165) is 35.1 Å². The van der Waals surface area contributed by atoms with Gasteiger partial charge in [-0.3, -0.25) is 19.3 Å². The molecule has 1 aromatic rings. The molecule has 0 bridgehead atoms. The smallest absolute Gasteiger partial charge is 0.294 e. The van der Waals surface area contributed by atoms with Crippen molar-refractivity contribution < 1.29 is 14.4 Å². The summed E-state index contributed by atoms with van der Waals surface area (Å²) in [6.07, 6.45) is 3.69. The number of benzene rings is 1. The standard InChI is InChI=1S/C19H22N2O3S/c1-13(2)15-7-5-14(6-8-15)11-16-18(23)21(19(24)25-16)12-17(22)20-9-3-4-10-20/h5-8,11,13H,3-4,9-10,12H2,1-2H3/b16-11+. The fourth-order valence-corrected chi connectivity index (χ4v) is 3.80. The second-order valence-electron chi connectivity index (χ2n) is 6.68. The number of nitrogens with zero attached hydrogens (tertiary/aromatic N) is 2. The van der Waals surface area contributed by atoms with Gasteiger partial charge < -0.3 is 4.90 Å². The summed E-state index contributed by atoms with van der Waals surface area (Å²) in [5.74, 6) is -0.0873. The molecule has 0 aliphatic carbocycles. The fraction of sp³-hybridized carbons (Fsp3) is 0.421. The van der Waals surface area contributed by atoms with Crippen LogP contribution in [-0.2, 0) is 9.59 Å². The van der Waals surface area contributed by atoms with Crippen LogP contribution in [0.25, 0.3) is 6.08 Å². The zero-order chi connectivity index (χ0) is 18.0. The van der Waals surface area contributed by atoms with E-state index in [9.17, 15) is 14.4 Å². The first kappa shape index (κ1) is 17.7. The fourth-order valence-electron chi connectivity index (χ4n) is 2.97. The number of likely N-dealkylation sites (tertiary alicyclic amines) is 1. The second-order valence-corrected chi connectivity index (χ2v) is 7.67. The molecular formula is C19H22N2O3S.